The van der Waals surface area contributed by atoms with E-state index in [1.807, 2.05) is 24.3 Å². The summed E-state index contributed by atoms with van der Waals surface area (Å²) < 4.78 is 29.6. The van der Waals surface area contributed by atoms with E-state index in [1.54, 1.807) is 25.1 Å². The van der Waals surface area contributed by atoms with Gasteiger partial charge >= 0.3 is 5.97 Å². The number of hydrogen-bond donors (Lipinski definition) is 0. The number of ether oxygens (including phenoxy) is 1. The quantitative estimate of drug-likeness (QED) is 0.797. The van der Waals surface area contributed by atoms with Crippen LogP contribution in [0, 0.1) is 0 Å². The fourth-order valence-corrected chi connectivity index (χ4v) is 3.60. The Balaban J connectivity index is 2.26. The van der Waals surface area contributed by atoms with Gasteiger partial charge in [0.25, 0.3) is 0 Å². The Labute approximate surface area is 124 Å². The number of carbonyl (C=O) groups is 1. The maximum Gasteiger partial charge on any atom is 0.305 e. The minimum Gasteiger partial charge on any atom is -0.469 e. The summed E-state index contributed by atoms with van der Waals surface area (Å²) in [5.41, 5.74) is 0. The molecule has 0 radical (unpaired) electrons. The molecule has 0 aliphatic heterocycles. The Kier molecular flexibility index (Phi) is 4.63. The maximum absolute atomic E-state index is 12.5. The summed E-state index contributed by atoms with van der Waals surface area (Å²) in [7, 11) is -2.15. The second-order valence-corrected chi connectivity index (χ2v) is 7.35. The maximum atomic E-state index is 12.5. The summed E-state index contributed by atoms with van der Waals surface area (Å²) in [4.78, 5) is 11.4. The van der Waals surface area contributed by atoms with E-state index in [-0.39, 0.29) is 12.8 Å². The largest absolute Gasteiger partial charge is 0.469 e. The third kappa shape index (κ3) is 3.42. The Hall–Kier alpha value is -1.88. The van der Waals surface area contributed by atoms with Crippen molar-refractivity contribution in [1.82, 2.24) is 0 Å². The van der Waals surface area contributed by atoms with Crippen molar-refractivity contribution >= 4 is 26.6 Å². The SMILES string of the molecule is COC(=O)CC[C@H](C)S(=O)(=O)c1ccc2ccccc2c1. The Morgan fingerprint density at radius 3 is 2.48 bits per heavy atom. The number of methoxy groups -OCH3 is 1. The Morgan fingerprint density at radius 1 is 1.14 bits per heavy atom. The minimum atomic E-state index is -3.44. The summed E-state index contributed by atoms with van der Waals surface area (Å²) in [6.07, 6.45) is 0.353. The summed E-state index contributed by atoms with van der Waals surface area (Å²) in [5, 5.41) is 1.26. The van der Waals surface area contributed by atoms with Crippen LogP contribution in [-0.2, 0) is 19.4 Å². The highest BCUT2D eigenvalue weighted by molar-refractivity contribution is 7.92. The van der Waals surface area contributed by atoms with Gasteiger partial charge in [0, 0.05) is 6.42 Å². The fraction of sp³-hybridized carbons (Fsp3) is 0.312. The molecule has 0 bridgehead atoms. The summed E-state index contributed by atoms with van der Waals surface area (Å²) in [5.74, 6) is -0.393. The lowest BCUT2D eigenvalue weighted by atomic mass is 10.1. The van der Waals surface area contributed by atoms with Crippen LogP contribution in [0.5, 0.6) is 0 Å². The predicted molar refractivity (Wildman–Crippen MR) is 81.8 cm³/mol. The second kappa shape index (κ2) is 6.26. The molecule has 0 aliphatic carbocycles. The number of carbonyl (C=O) groups excluding carboxylic acids is 1. The molecule has 112 valence electrons. The Bertz CT molecular complexity index is 750. The molecule has 2 rings (SSSR count). The van der Waals surface area contributed by atoms with E-state index in [0.717, 1.165) is 10.8 Å². The van der Waals surface area contributed by atoms with E-state index in [9.17, 15) is 13.2 Å². The van der Waals surface area contributed by atoms with Crippen molar-refractivity contribution in [2.24, 2.45) is 0 Å². The molecule has 0 fully saturated rings. The first-order valence-electron chi connectivity index (χ1n) is 6.74. The van der Waals surface area contributed by atoms with Gasteiger partial charge in [-0.05, 0) is 36.2 Å². The number of esters is 1. The van der Waals surface area contributed by atoms with E-state index < -0.39 is 21.1 Å². The number of hydrogen-bond acceptors (Lipinski definition) is 4. The molecule has 21 heavy (non-hydrogen) atoms. The van der Waals surface area contributed by atoms with Gasteiger partial charge in [0.2, 0.25) is 0 Å². The van der Waals surface area contributed by atoms with Crippen LogP contribution < -0.4 is 0 Å². The molecule has 0 spiro atoms. The van der Waals surface area contributed by atoms with Gasteiger partial charge in [0.15, 0.2) is 9.84 Å². The third-order valence-corrected chi connectivity index (χ3v) is 5.77. The van der Waals surface area contributed by atoms with Crippen LogP contribution in [-0.4, -0.2) is 26.7 Å². The molecular weight excluding hydrogens is 288 g/mol. The molecule has 1 atom stereocenters. The van der Waals surface area contributed by atoms with E-state index in [2.05, 4.69) is 4.74 Å². The van der Waals surface area contributed by atoms with Crippen LogP contribution in [0.4, 0.5) is 0 Å². The van der Waals surface area contributed by atoms with E-state index in [0.29, 0.717) is 4.90 Å². The first-order chi connectivity index (χ1) is 9.95. The highest BCUT2D eigenvalue weighted by atomic mass is 32.2. The topological polar surface area (TPSA) is 60.4 Å². The summed E-state index contributed by atoms with van der Waals surface area (Å²) >= 11 is 0. The molecule has 0 heterocycles. The van der Waals surface area contributed by atoms with Crippen molar-refractivity contribution in [3.63, 3.8) is 0 Å². The van der Waals surface area contributed by atoms with Crippen molar-refractivity contribution in [3.8, 4) is 0 Å². The fourth-order valence-electron chi connectivity index (χ4n) is 2.16. The van der Waals surface area contributed by atoms with Gasteiger partial charge in [0.1, 0.15) is 0 Å². The molecule has 0 saturated carbocycles. The minimum absolute atomic E-state index is 0.102. The smallest absolute Gasteiger partial charge is 0.305 e. The first-order valence-corrected chi connectivity index (χ1v) is 8.29. The van der Waals surface area contributed by atoms with Crippen molar-refractivity contribution in [1.29, 1.82) is 0 Å². The molecule has 0 amide bonds. The number of fused-ring (bicyclic) bond motifs is 1. The first kappa shape index (κ1) is 15.5. The third-order valence-electron chi connectivity index (χ3n) is 3.56. The molecular formula is C16H18O4S. The molecule has 2 aromatic rings. The summed E-state index contributed by atoms with van der Waals surface area (Å²) in [6.45, 7) is 1.62. The van der Waals surface area contributed by atoms with E-state index >= 15 is 0 Å². The zero-order chi connectivity index (χ0) is 15.5. The average molecular weight is 306 g/mol. The van der Waals surface area contributed by atoms with Crippen LogP contribution in [0.1, 0.15) is 19.8 Å². The lowest BCUT2D eigenvalue weighted by Gasteiger charge is -2.13. The van der Waals surface area contributed by atoms with Gasteiger partial charge in [-0.15, -0.1) is 0 Å². The van der Waals surface area contributed by atoms with E-state index in [1.165, 1.54) is 7.11 Å². The van der Waals surface area contributed by atoms with Gasteiger partial charge in [0.05, 0.1) is 17.3 Å². The van der Waals surface area contributed by atoms with Crippen molar-refractivity contribution in [3.05, 3.63) is 42.5 Å². The van der Waals surface area contributed by atoms with Gasteiger partial charge in [-0.2, -0.15) is 0 Å². The van der Waals surface area contributed by atoms with Crippen molar-refractivity contribution in [2.45, 2.75) is 29.9 Å². The molecule has 0 N–H and O–H groups in total. The highest BCUT2D eigenvalue weighted by Gasteiger charge is 2.24. The second-order valence-electron chi connectivity index (χ2n) is 4.98. The number of benzene rings is 2. The monoisotopic (exact) mass is 306 g/mol. The van der Waals surface area contributed by atoms with Gasteiger partial charge in [-0.25, -0.2) is 8.42 Å². The number of sulfone groups is 1. The number of rotatable bonds is 5. The van der Waals surface area contributed by atoms with Gasteiger partial charge in [-0.1, -0.05) is 30.3 Å². The van der Waals surface area contributed by atoms with Gasteiger partial charge in [-0.3, -0.25) is 4.79 Å². The zero-order valence-corrected chi connectivity index (χ0v) is 12.9. The molecule has 0 aromatic heterocycles. The highest BCUT2D eigenvalue weighted by Crippen LogP contribution is 2.23. The van der Waals surface area contributed by atoms with Crippen molar-refractivity contribution < 1.29 is 17.9 Å². The lowest BCUT2D eigenvalue weighted by molar-refractivity contribution is -0.140. The van der Waals surface area contributed by atoms with Crippen LogP contribution in [0.15, 0.2) is 47.4 Å². The average Bonchev–Trinajstić information content (AvgIpc) is 2.51. The molecule has 4 nitrogen and oxygen atoms in total. The predicted octanol–water partition coefficient (Wildman–Crippen LogP) is 2.96. The molecule has 0 saturated heterocycles. The van der Waals surface area contributed by atoms with Crippen LogP contribution in [0.25, 0.3) is 10.8 Å². The molecule has 0 unspecified atom stereocenters. The van der Waals surface area contributed by atoms with Crippen molar-refractivity contribution in [2.75, 3.05) is 7.11 Å². The van der Waals surface area contributed by atoms with Crippen LogP contribution >= 0.6 is 0 Å². The summed E-state index contributed by atoms with van der Waals surface area (Å²) in [6, 6.07) is 12.7. The van der Waals surface area contributed by atoms with Crippen LogP contribution in [0.2, 0.25) is 0 Å². The van der Waals surface area contributed by atoms with Crippen LogP contribution in [0.3, 0.4) is 0 Å². The van der Waals surface area contributed by atoms with Gasteiger partial charge < -0.3 is 4.74 Å². The lowest BCUT2D eigenvalue weighted by Crippen LogP contribution is -2.19. The normalized spacial score (nSPS) is 13.0. The Morgan fingerprint density at radius 2 is 1.81 bits per heavy atom. The molecule has 2 aromatic carbocycles. The zero-order valence-electron chi connectivity index (χ0n) is 12.1. The molecule has 0 aliphatic rings. The standard InChI is InChI=1S/C16H18O4S/c1-12(7-10-16(17)20-2)21(18,19)15-9-8-13-5-3-4-6-14(13)11-15/h3-6,8-9,11-12H,7,10H2,1-2H3/t12-/m0/s1. The van der Waals surface area contributed by atoms with E-state index in [4.69, 9.17) is 0 Å². The molecule has 5 heteroatoms.